The van der Waals surface area contributed by atoms with Gasteiger partial charge in [-0.2, -0.15) is 0 Å². The van der Waals surface area contributed by atoms with E-state index >= 15 is 0 Å². The van der Waals surface area contributed by atoms with Crippen LogP contribution in [0.4, 0.5) is 0 Å². The number of fused-ring (bicyclic) bond motifs is 2. The molecule has 0 fully saturated rings. The third-order valence-electron chi connectivity index (χ3n) is 6.89. The van der Waals surface area contributed by atoms with E-state index in [0.717, 1.165) is 62.2 Å². The number of imidazole rings is 1. The minimum absolute atomic E-state index is 0.253. The maximum Gasteiger partial charge on any atom is 0.335 e. The number of carboxylic acid groups (broad SMARTS) is 1. The van der Waals surface area contributed by atoms with Crippen LogP contribution in [-0.4, -0.2) is 50.7 Å². The van der Waals surface area contributed by atoms with Gasteiger partial charge in [-0.3, -0.25) is 15.2 Å². The highest BCUT2D eigenvalue weighted by Crippen LogP contribution is 2.33. The molecule has 2 aromatic heterocycles. The van der Waals surface area contributed by atoms with Gasteiger partial charge in [-0.1, -0.05) is 18.2 Å². The third-order valence-corrected chi connectivity index (χ3v) is 6.89. The number of H-pyrrole nitrogens is 1. The molecular weight excluding hydrogens is 466 g/mol. The van der Waals surface area contributed by atoms with E-state index < -0.39 is 5.97 Å². The summed E-state index contributed by atoms with van der Waals surface area (Å²) in [6.45, 7) is 2.94. The van der Waals surface area contributed by atoms with Crippen LogP contribution in [0.2, 0.25) is 0 Å². The van der Waals surface area contributed by atoms with Gasteiger partial charge < -0.3 is 14.8 Å². The van der Waals surface area contributed by atoms with Crippen molar-refractivity contribution in [1.82, 2.24) is 25.2 Å². The van der Waals surface area contributed by atoms with E-state index in [0.29, 0.717) is 18.5 Å². The van der Waals surface area contributed by atoms with Crippen molar-refractivity contribution in [2.45, 2.75) is 44.7 Å². The Labute approximate surface area is 216 Å². The molecule has 1 aliphatic rings. The molecule has 0 unspecified atom stereocenters. The summed E-state index contributed by atoms with van der Waals surface area (Å²) in [7, 11) is 0. The molecule has 8 nitrogen and oxygen atoms in total. The topological polar surface area (TPSA) is 103 Å². The molecule has 3 N–H and O–H groups in total. The van der Waals surface area contributed by atoms with Crippen LogP contribution in [0.5, 0.6) is 5.75 Å². The Kier molecular flexibility index (Phi) is 8.08. The Morgan fingerprint density at radius 3 is 2.81 bits per heavy atom. The number of nitrogens with one attached hydrogen (secondary N) is 2. The van der Waals surface area contributed by atoms with E-state index in [1.165, 1.54) is 17.7 Å². The SMILES string of the molecule is O=C(O)c1ccc(OCNCCCCN(Cc2nc3ccccc3[nH]2)[C@H]2CCCc3cccnc32)cc1. The van der Waals surface area contributed by atoms with Gasteiger partial charge in [0.05, 0.1) is 34.9 Å². The summed E-state index contributed by atoms with van der Waals surface area (Å²) in [4.78, 5) is 26.6. The van der Waals surface area contributed by atoms with Gasteiger partial charge >= 0.3 is 5.97 Å². The quantitative estimate of drug-likeness (QED) is 0.187. The highest BCUT2D eigenvalue weighted by atomic mass is 16.5. The number of pyridine rings is 1. The second kappa shape index (κ2) is 12.0. The summed E-state index contributed by atoms with van der Waals surface area (Å²) in [6, 6.07) is 19.2. The summed E-state index contributed by atoms with van der Waals surface area (Å²) >= 11 is 0. The molecule has 2 aromatic carbocycles. The Morgan fingerprint density at radius 1 is 1.11 bits per heavy atom. The molecule has 37 heavy (non-hydrogen) atoms. The number of carbonyl (C=O) groups is 1. The fourth-order valence-corrected chi connectivity index (χ4v) is 5.02. The van der Waals surface area contributed by atoms with Gasteiger partial charge in [0, 0.05) is 6.20 Å². The van der Waals surface area contributed by atoms with E-state index in [9.17, 15) is 4.79 Å². The first-order valence-corrected chi connectivity index (χ1v) is 13.0. The number of hydrogen-bond donors (Lipinski definition) is 3. The highest BCUT2D eigenvalue weighted by Gasteiger charge is 2.27. The normalized spacial score (nSPS) is 15.1. The first kappa shape index (κ1) is 24.9. The molecule has 0 spiro atoms. The minimum Gasteiger partial charge on any atom is -0.478 e. The van der Waals surface area contributed by atoms with E-state index in [2.05, 4.69) is 27.3 Å². The van der Waals surface area contributed by atoms with Crippen molar-refractivity contribution in [1.29, 1.82) is 0 Å². The monoisotopic (exact) mass is 499 g/mol. The minimum atomic E-state index is -0.938. The Balaban J connectivity index is 1.15. The Morgan fingerprint density at radius 2 is 1.97 bits per heavy atom. The number of aromatic carboxylic acids is 1. The molecule has 0 radical (unpaired) electrons. The molecular formula is C29H33N5O3. The maximum absolute atomic E-state index is 11.0. The Bertz CT molecular complexity index is 1290. The number of carboxylic acids is 1. The molecule has 5 rings (SSSR count). The number of aromatic amines is 1. The van der Waals surface area contributed by atoms with E-state index in [-0.39, 0.29) is 5.56 Å². The van der Waals surface area contributed by atoms with Crippen LogP contribution in [0.1, 0.15) is 59.2 Å². The van der Waals surface area contributed by atoms with Gasteiger partial charge in [0.15, 0.2) is 0 Å². The zero-order chi connectivity index (χ0) is 25.5. The number of aromatic nitrogens is 3. The van der Waals surface area contributed by atoms with Crippen LogP contribution in [-0.2, 0) is 13.0 Å². The molecule has 192 valence electrons. The fourth-order valence-electron chi connectivity index (χ4n) is 5.02. The summed E-state index contributed by atoms with van der Waals surface area (Å²) in [5.74, 6) is 0.703. The third kappa shape index (κ3) is 6.34. The van der Waals surface area contributed by atoms with Crippen molar-refractivity contribution in [3.63, 3.8) is 0 Å². The van der Waals surface area contributed by atoms with Crippen LogP contribution in [0.3, 0.4) is 0 Å². The van der Waals surface area contributed by atoms with Crippen LogP contribution in [0, 0.1) is 0 Å². The largest absolute Gasteiger partial charge is 0.478 e. The van der Waals surface area contributed by atoms with Gasteiger partial charge in [0.2, 0.25) is 0 Å². The summed E-state index contributed by atoms with van der Waals surface area (Å²) in [5, 5.41) is 12.3. The average molecular weight is 500 g/mol. The van der Waals surface area contributed by atoms with Crippen LogP contribution >= 0.6 is 0 Å². The molecule has 0 amide bonds. The van der Waals surface area contributed by atoms with Crippen molar-refractivity contribution in [3.8, 4) is 5.75 Å². The summed E-state index contributed by atoms with van der Waals surface area (Å²) in [6.07, 6.45) is 7.35. The number of hydrogen-bond acceptors (Lipinski definition) is 6. The zero-order valence-corrected chi connectivity index (χ0v) is 20.9. The second-order valence-corrected chi connectivity index (χ2v) is 9.45. The number of rotatable bonds is 12. The van der Waals surface area contributed by atoms with E-state index in [1.54, 1.807) is 24.3 Å². The maximum atomic E-state index is 11.0. The molecule has 0 aliphatic heterocycles. The van der Waals surface area contributed by atoms with Gasteiger partial charge in [-0.25, -0.2) is 9.78 Å². The molecule has 1 aliphatic carbocycles. The number of para-hydroxylation sites is 2. The van der Waals surface area contributed by atoms with Crippen molar-refractivity contribution in [2.24, 2.45) is 0 Å². The molecule has 0 saturated heterocycles. The van der Waals surface area contributed by atoms with Crippen molar-refractivity contribution >= 4 is 17.0 Å². The molecule has 2 heterocycles. The van der Waals surface area contributed by atoms with Crippen LogP contribution < -0.4 is 10.1 Å². The lowest BCUT2D eigenvalue weighted by Gasteiger charge is -2.34. The predicted octanol–water partition coefficient (Wildman–Crippen LogP) is 4.94. The standard InChI is InChI=1S/C29H33N5O3/c35-29(36)22-12-14-23(15-13-22)37-20-30-16-3-4-18-34(19-27-32-24-9-1-2-10-25(24)33-27)26-11-5-7-21-8-6-17-31-28(21)26/h1-2,6,8-10,12-15,17,26,30H,3-5,7,11,16,18-20H2,(H,32,33)(H,35,36)/t26-/m0/s1. The lowest BCUT2D eigenvalue weighted by molar-refractivity contribution is 0.0697. The first-order chi connectivity index (χ1) is 18.2. The zero-order valence-electron chi connectivity index (χ0n) is 20.9. The molecule has 4 aromatic rings. The molecule has 1 atom stereocenters. The van der Waals surface area contributed by atoms with Crippen molar-refractivity contribution < 1.29 is 14.6 Å². The summed E-state index contributed by atoms with van der Waals surface area (Å²) in [5.41, 5.74) is 4.90. The lowest BCUT2D eigenvalue weighted by Crippen LogP contribution is -2.33. The molecule has 0 bridgehead atoms. The number of nitrogens with zero attached hydrogens (tertiary/aromatic N) is 3. The van der Waals surface area contributed by atoms with Gasteiger partial charge in [-0.15, -0.1) is 0 Å². The van der Waals surface area contributed by atoms with Crippen molar-refractivity contribution in [2.75, 3.05) is 19.8 Å². The van der Waals surface area contributed by atoms with Crippen LogP contribution in [0.25, 0.3) is 11.0 Å². The number of aryl methyl sites for hydroxylation is 1. The first-order valence-electron chi connectivity index (χ1n) is 13.0. The van der Waals surface area contributed by atoms with Gasteiger partial charge in [-0.05, 0) is 93.2 Å². The van der Waals surface area contributed by atoms with E-state index in [1.807, 2.05) is 30.5 Å². The van der Waals surface area contributed by atoms with Gasteiger partial charge in [0.25, 0.3) is 0 Å². The highest BCUT2D eigenvalue weighted by molar-refractivity contribution is 5.87. The Hall–Kier alpha value is -3.75. The number of ether oxygens (including phenoxy) is 1. The number of unbranched alkanes of at least 4 members (excludes halogenated alkanes) is 1. The molecule has 0 saturated carbocycles. The van der Waals surface area contributed by atoms with E-state index in [4.69, 9.17) is 19.8 Å². The average Bonchev–Trinajstić information content (AvgIpc) is 3.34. The fraction of sp³-hybridized carbons (Fsp3) is 0.345. The predicted molar refractivity (Wildman–Crippen MR) is 143 cm³/mol. The van der Waals surface area contributed by atoms with Gasteiger partial charge in [0.1, 0.15) is 18.3 Å². The van der Waals surface area contributed by atoms with Crippen LogP contribution in [0.15, 0.2) is 66.9 Å². The summed E-state index contributed by atoms with van der Waals surface area (Å²) < 4.78 is 5.68. The second-order valence-electron chi connectivity index (χ2n) is 9.45. The number of benzene rings is 2. The van der Waals surface area contributed by atoms with Crippen molar-refractivity contribution in [3.05, 3.63) is 89.5 Å². The molecule has 8 heteroatoms. The lowest BCUT2D eigenvalue weighted by atomic mass is 9.90. The smallest absolute Gasteiger partial charge is 0.335 e.